The number of aryl methyl sites for hydroxylation is 1. The SMILES string of the molecule is CC[C@@H](C)NC(=O)[C@H](CC)N(Cc1c(Cl)cccc1Cl)C(=O)CN(c1cccc(OC)c1)S(=O)(=O)c1ccc(C)cc1. The molecule has 2 amide bonds. The van der Waals surface area contributed by atoms with Crippen molar-refractivity contribution < 1.29 is 22.7 Å². The van der Waals surface area contributed by atoms with Crippen LogP contribution in [0.4, 0.5) is 5.69 Å². The molecule has 0 aliphatic carbocycles. The maximum atomic E-state index is 14.2. The Bertz CT molecular complexity index is 1480. The van der Waals surface area contributed by atoms with E-state index in [1.165, 1.54) is 24.1 Å². The first-order valence-electron chi connectivity index (χ1n) is 13.7. The molecule has 0 radical (unpaired) electrons. The molecule has 3 rings (SSSR count). The fourth-order valence-electron chi connectivity index (χ4n) is 4.35. The van der Waals surface area contributed by atoms with Crippen LogP contribution in [0.5, 0.6) is 5.75 Å². The van der Waals surface area contributed by atoms with Crippen LogP contribution < -0.4 is 14.4 Å². The molecule has 0 aromatic heterocycles. The molecule has 0 aliphatic rings. The molecule has 0 bridgehead atoms. The van der Waals surface area contributed by atoms with E-state index >= 15 is 0 Å². The summed E-state index contributed by atoms with van der Waals surface area (Å²) in [6.07, 6.45) is 0.977. The van der Waals surface area contributed by atoms with E-state index in [1.807, 2.05) is 20.8 Å². The minimum absolute atomic E-state index is 0.0194. The highest BCUT2D eigenvalue weighted by Crippen LogP contribution is 2.30. The molecule has 3 aromatic carbocycles. The minimum Gasteiger partial charge on any atom is -0.497 e. The molecule has 0 saturated carbocycles. The Balaban J connectivity index is 2.12. The molecule has 11 heteroatoms. The summed E-state index contributed by atoms with van der Waals surface area (Å²) < 4.78 is 34.4. The van der Waals surface area contributed by atoms with Crippen molar-refractivity contribution >= 4 is 50.7 Å². The molecule has 0 saturated heterocycles. The molecule has 2 atom stereocenters. The lowest BCUT2D eigenvalue weighted by Gasteiger charge is -2.34. The number of nitrogens with zero attached hydrogens (tertiary/aromatic N) is 2. The van der Waals surface area contributed by atoms with Crippen molar-refractivity contribution in [1.82, 2.24) is 10.2 Å². The van der Waals surface area contributed by atoms with Crippen molar-refractivity contribution in [2.75, 3.05) is 18.0 Å². The molecular weight excluding hydrogens is 597 g/mol. The minimum atomic E-state index is -4.21. The Labute approximate surface area is 258 Å². The largest absolute Gasteiger partial charge is 0.497 e. The van der Waals surface area contributed by atoms with Crippen molar-refractivity contribution in [2.24, 2.45) is 0 Å². The van der Waals surface area contributed by atoms with Crippen LogP contribution in [0.2, 0.25) is 10.0 Å². The van der Waals surface area contributed by atoms with Crippen molar-refractivity contribution in [3.63, 3.8) is 0 Å². The molecule has 42 heavy (non-hydrogen) atoms. The zero-order valence-corrected chi connectivity index (χ0v) is 26.8. The van der Waals surface area contributed by atoms with Gasteiger partial charge in [-0.2, -0.15) is 0 Å². The Morgan fingerprint density at radius 2 is 1.57 bits per heavy atom. The summed E-state index contributed by atoms with van der Waals surface area (Å²) in [4.78, 5) is 29.0. The second-order valence-corrected chi connectivity index (χ2v) is 12.7. The highest BCUT2D eigenvalue weighted by atomic mass is 35.5. The highest BCUT2D eigenvalue weighted by molar-refractivity contribution is 7.92. The van der Waals surface area contributed by atoms with Gasteiger partial charge >= 0.3 is 0 Å². The van der Waals surface area contributed by atoms with Gasteiger partial charge in [0.1, 0.15) is 18.3 Å². The van der Waals surface area contributed by atoms with E-state index in [9.17, 15) is 18.0 Å². The molecule has 0 unspecified atom stereocenters. The van der Waals surface area contributed by atoms with E-state index in [1.54, 1.807) is 61.5 Å². The third kappa shape index (κ3) is 7.96. The van der Waals surface area contributed by atoms with Gasteiger partial charge in [0.15, 0.2) is 0 Å². The van der Waals surface area contributed by atoms with Crippen LogP contribution in [-0.4, -0.2) is 50.9 Å². The number of rotatable bonds is 13. The number of carbonyl (C=O) groups excluding carboxylic acids is 2. The van der Waals surface area contributed by atoms with Crippen LogP contribution in [-0.2, 0) is 26.2 Å². The lowest BCUT2D eigenvalue weighted by atomic mass is 10.1. The first-order chi connectivity index (χ1) is 19.9. The number of hydrogen-bond donors (Lipinski definition) is 1. The molecule has 0 heterocycles. The first-order valence-corrected chi connectivity index (χ1v) is 15.9. The van der Waals surface area contributed by atoms with Crippen molar-refractivity contribution in [3.8, 4) is 5.75 Å². The number of carbonyl (C=O) groups is 2. The molecular formula is C31H37Cl2N3O5S. The summed E-state index contributed by atoms with van der Waals surface area (Å²) in [5, 5.41) is 3.60. The van der Waals surface area contributed by atoms with Gasteiger partial charge in [0.2, 0.25) is 11.8 Å². The maximum absolute atomic E-state index is 14.2. The third-order valence-electron chi connectivity index (χ3n) is 7.01. The third-order valence-corrected chi connectivity index (χ3v) is 9.50. The summed E-state index contributed by atoms with van der Waals surface area (Å²) in [6.45, 7) is 6.78. The molecule has 0 spiro atoms. The quantitative estimate of drug-likeness (QED) is 0.241. The van der Waals surface area contributed by atoms with E-state index in [0.29, 0.717) is 27.8 Å². The second-order valence-electron chi connectivity index (χ2n) is 9.99. The zero-order chi connectivity index (χ0) is 31.0. The topological polar surface area (TPSA) is 96.0 Å². The number of nitrogens with one attached hydrogen (secondary N) is 1. The van der Waals surface area contributed by atoms with Crippen LogP contribution in [0.15, 0.2) is 71.6 Å². The molecule has 8 nitrogen and oxygen atoms in total. The standard InChI is InChI=1S/C31H37Cl2N3O5S/c1-6-22(4)34-31(38)29(7-2)35(19-26-27(32)12-9-13-28(26)33)30(37)20-36(23-10-8-11-24(18-23)41-5)42(39,40)25-16-14-21(3)15-17-25/h8-18,22,29H,6-7,19-20H2,1-5H3,(H,34,38)/t22-,29+/m1/s1. The van der Waals surface area contributed by atoms with Crippen LogP contribution in [0.25, 0.3) is 0 Å². The fraction of sp³-hybridized carbons (Fsp3) is 0.355. The van der Waals surface area contributed by atoms with E-state index in [0.717, 1.165) is 9.87 Å². The van der Waals surface area contributed by atoms with Gasteiger partial charge in [-0.05, 0) is 63.1 Å². The molecule has 226 valence electrons. The first kappa shape index (κ1) is 33.2. The van der Waals surface area contributed by atoms with Gasteiger partial charge in [-0.25, -0.2) is 8.42 Å². The summed E-state index contributed by atoms with van der Waals surface area (Å²) in [7, 11) is -2.74. The van der Waals surface area contributed by atoms with Crippen LogP contribution in [0.3, 0.4) is 0 Å². The highest BCUT2D eigenvalue weighted by Gasteiger charge is 2.34. The van der Waals surface area contributed by atoms with Gasteiger partial charge in [-0.15, -0.1) is 0 Å². The number of amides is 2. The predicted molar refractivity (Wildman–Crippen MR) is 168 cm³/mol. The maximum Gasteiger partial charge on any atom is 0.264 e. The number of benzene rings is 3. The number of sulfonamides is 1. The number of hydrogen-bond acceptors (Lipinski definition) is 5. The van der Waals surface area contributed by atoms with Crippen LogP contribution >= 0.6 is 23.2 Å². The Kier molecular flexibility index (Phi) is 11.7. The number of ether oxygens (including phenoxy) is 1. The molecule has 0 fully saturated rings. The molecule has 1 N–H and O–H groups in total. The fourth-order valence-corrected chi connectivity index (χ4v) is 6.27. The van der Waals surface area contributed by atoms with Gasteiger partial charge in [0.25, 0.3) is 10.0 Å². The van der Waals surface area contributed by atoms with E-state index < -0.39 is 28.5 Å². The average Bonchev–Trinajstić information content (AvgIpc) is 2.97. The number of anilines is 1. The van der Waals surface area contributed by atoms with Crippen molar-refractivity contribution in [2.45, 2.75) is 64.1 Å². The average molecular weight is 635 g/mol. The van der Waals surface area contributed by atoms with Crippen LogP contribution in [0, 0.1) is 6.92 Å². The lowest BCUT2D eigenvalue weighted by Crippen LogP contribution is -2.53. The smallest absolute Gasteiger partial charge is 0.264 e. The summed E-state index contributed by atoms with van der Waals surface area (Å²) in [5.74, 6) is -0.531. The summed E-state index contributed by atoms with van der Waals surface area (Å²) in [5.41, 5.74) is 1.58. The van der Waals surface area contributed by atoms with Crippen molar-refractivity contribution in [1.29, 1.82) is 0 Å². The Hall–Kier alpha value is -3.27. The van der Waals surface area contributed by atoms with Gasteiger partial charge in [-0.3, -0.25) is 13.9 Å². The van der Waals surface area contributed by atoms with Gasteiger partial charge in [-0.1, -0.05) is 66.9 Å². The van der Waals surface area contributed by atoms with Gasteiger partial charge in [0.05, 0.1) is 17.7 Å². The van der Waals surface area contributed by atoms with Crippen LogP contribution in [0.1, 0.15) is 44.7 Å². The second kappa shape index (κ2) is 14.8. The predicted octanol–water partition coefficient (Wildman–Crippen LogP) is 6.23. The lowest BCUT2D eigenvalue weighted by molar-refractivity contribution is -0.140. The summed E-state index contributed by atoms with van der Waals surface area (Å²) >= 11 is 12.9. The molecule has 3 aromatic rings. The van der Waals surface area contributed by atoms with E-state index in [4.69, 9.17) is 27.9 Å². The number of halogens is 2. The van der Waals surface area contributed by atoms with Gasteiger partial charge in [0, 0.05) is 34.3 Å². The Morgan fingerprint density at radius 3 is 2.14 bits per heavy atom. The van der Waals surface area contributed by atoms with Crippen molar-refractivity contribution in [3.05, 3.63) is 87.9 Å². The molecule has 0 aliphatic heterocycles. The zero-order valence-electron chi connectivity index (χ0n) is 24.4. The van der Waals surface area contributed by atoms with Gasteiger partial charge < -0.3 is 15.0 Å². The van der Waals surface area contributed by atoms with E-state index in [-0.39, 0.29) is 35.5 Å². The summed E-state index contributed by atoms with van der Waals surface area (Å²) in [6, 6.07) is 16.8. The number of methoxy groups -OCH3 is 1. The van der Waals surface area contributed by atoms with E-state index in [2.05, 4.69) is 5.32 Å². The monoisotopic (exact) mass is 633 g/mol. The Morgan fingerprint density at radius 1 is 0.952 bits per heavy atom. The normalized spacial score (nSPS) is 12.7.